The third kappa shape index (κ3) is 4.39. The molecule has 1 saturated heterocycles. The Morgan fingerprint density at radius 1 is 1.43 bits per heavy atom. The summed E-state index contributed by atoms with van der Waals surface area (Å²) in [6.45, 7) is 1.52. The number of nitrogens with two attached hydrogens (primary N) is 1. The first-order valence-corrected chi connectivity index (χ1v) is 8.83. The molecule has 0 bridgehead atoms. The summed E-state index contributed by atoms with van der Waals surface area (Å²) in [7, 11) is -3.62. The molecule has 1 aromatic rings. The van der Waals surface area contributed by atoms with Crippen molar-refractivity contribution in [2.45, 2.75) is 24.2 Å². The van der Waals surface area contributed by atoms with Crippen molar-refractivity contribution < 1.29 is 12.8 Å². The van der Waals surface area contributed by atoms with Gasteiger partial charge in [0.2, 0.25) is 10.0 Å². The van der Waals surface area contributed by atoms with Crippen LogP contribution in [-0.4, -0.2) is 32.4 Å². The monoisotopic (exact) mass is 400 g/mol. The maximum atomic E-state index is 13.5. The van der Waals surface area contributed by atoms with Crippen LogP contribution in [0.15, 0.2) is 27.6 Å². The largest absolute Gasteiger partial charge is 0.330 e. The molecule has 0 aliphatic carbocycles. The lowest BCUT2D eigenvalue weighted by Gasteiger charge is -2.31. The normalized spacial score (nSPS) is 20.0. The molecule has 1 aliphatic heterocycles. The van der Waals surface area contributed by atoms with E-state index in [0.29, 0.717) is 25.6 Å². The number of hydrogen-bond donors (Lipinski definition) is 1. The first kappa shape index (κ1) is 18.8. The average Bonchev–Trinajstić information content (AvgIpc) is 2.42. The lowest BCUT2D eigenvalue weighted by molar-refractivity contribution is 0.258. The molecular formula is C13H19BrClFN2O2S. The van der Waals surface area contributed by atoms with E-state index in [0.717, 1.165) is 25.3 Å². The maximum Gasteiger partial charge on any atom is 0.243 e. The molecule has 1 aromatic carbocycles. The van der Waals surface area contributed by atoms with Gasteiger partial charge in [0.25, 0.3) is 0 Å². The molecule has 0 aromatic heterocycles. The fourth-order valence-electron chi connectivity index (χ4n) is 2.50. The topological polar surface area (TPSA) is 63.4 Å². The first-order chi connectivity index (χ1) is 9.45. The number of nitrogens with zero attached hydrogens (tertiary/aromatic N) is 1. The van der Waals surface area contributed by atoms with Gasteiger partial charge in [0.05, 0.1) is 9.37 Å². The highest BCUT2D eigenvalue weighted by Gasteiger charge is 2.30. The molecule has 0 amide bonds. The van der Waals surface area contributed by atoms with Crippen LogP contribution < -0.4 is 5.73 Å². The van der Waals surface area contributed by atoms with Crippen molar-refractivity contribution in [1.29, 1.82) is 0 Å². The third-order valence-electron chi connectivity index (χ3n) is 3.59. The number of benzene rings is 1. The Balaban J connectivity index is 0.00000220. The van der Waals surface area contributed by atoms with Gasteiger partial charge < -0.3 is 5.73 Å². The standard InChI is InChI=1S/C13H18BrFN2O2S.ClH/c14-12-4-3-11(8-13(12)15)20(18,19)17-7-1-2-10(9-17)5-6-16;/h3-4,8,10H,1-2,5-7,9,16H2;1H. The Hall–Kier alpha value is -0.210. The number of piperidine rings is 1. The smallest absolute Gasteiger partial charge is 0.243 e. The van der Waals surface area contributed by atoms with Gasteiger partial charge in [-0.15, -0.1) is 12.4 Å². The van der Waals surface area contributed by atoms with Crippen LogP contribution in [0, 0.1) is 11.7 Å². The first-order valence-electron chi connectivity index (χ1n) is 6.60. The van der Waals surface area contributed by atoms with E-state index in [4.69, 9.17) is 5.73 Å². The van der Waals surface area contributed by atoms with Crippen molar-refractivity contribution in [3.8, 4) is 0 Å². The zero-order valence-electron chi connectivity index (χ0n) is 11.5. The average molecular weight is 402 g/mol. The van der Waals surface area contributed by atoms with Crippen LogP contribution in [0.4, 0.5) is 4.39 Å². The highest BCUT2D eigenvalue weighted by Crippen LogP contribution is 2.27. The van der Waals surface area contributed by atoms with Crippen LogP contribution >= 0.6 is 28.3 Å². The molecule has 8 heteroatoms. The number of hydrogen-bond acceptors (Lipinski definition) is 3. The number of halogens is 3. The Morgan fingerprint density at radius 3 is 2.76 bits per heavy atom. The summed E-state index contributed by atoms with van der Waals surface area (Å²) in [5.74, 6) is -0.273. The van der Waals surface area contributed by atoms with Crippen LogP contribution in [0.2, 0.25) is 0 Å². The minimum Gasteiger partial charge on any atom is -0.330 e. The molecule has 4 nitrogen and oxygen atoms in total. The van der Waals surface area contributed by atoms with Gasteiger partial charge in [-0.25, -0.2) is 12.8 Å². The summed E-state index contributed by atoms with van der Waals surface area (Å²) < 4.78 is 40.3. The van der Waals surface area contributed by atoms with Gasteiger partial charge in [-0.3, -0.25) is 0 Å². The molecule has 0 spiro atoms. The van der Waals surface area contributed by atoms with Crippen LogP contribution in [0.1, 0.15) is 19.3 Å². The van der Waals surface area contributed by atoms with E-state index in [1.54, 1.807) is 0 Å². The van der Waals surface area contributed by atoms with Crippen LogP contribution in [0.3, 0.4) is 0 Å². The molecule has 1 heterocycles. The van der Waals surface area contributed by atoms with Crippen molar-refractivity contribution in [3.63, 3.8) is 0 Å². The van der Waals surface area contributed by atoms with E-state index in [1.807, 2.05) is 0 Å². The molecule has 0 saturated carbocycles. The van der Waals surface area contributed by atoms with E-state index < -0.39 is 15.8 Å². The third-order valence-corrected chi connectivity index (χ3v) is 6.09. The SMILES string of the molecule is Cl.NCCC1CCCN(S(=O)(=O)c2ccc(Br)c(F)c2)C1. The van der Waals surface area contributed by atoms with Crippen molar-refractivity contribution >= 4 is 38.4 Å². The lowest BCUT2D eigenvalue weighted by Crippen LogP contribution is -2.40. The minimum atomic E-state index is -3.62. The van der Waals surface area contributed by atoms with E-state index in [2.05, 4.69) is 15.9 Å². The molecular weight excluding hydrogens is 383 g/mol. The van der Waals surface area contributed by atoms with Crippen molar-refractivity contribution in [1.82, 2.24) is 4.31 Å². The Morgan fingerprint density at radius 2 is 2.14 bits per heavy atom. The van der Waals surface area contributed by atoms with Gasteiger partial charge in [-0.2, -0.15) is 4.31 Å². The van der Waals surface area contributed by atoms with Gasteiger partial charge in [-0.1, -0.05) is 0 Å². The number of rotatable bonds is 4. The van der Waals surface area contributed by atoms with Crippen LogP contribution in [0.5, 0.6) is 0 Å². The summed E-state index contributed by atoms with van der Waals surface area (Å²) in [5.41, 5.74) is 5.54. The summed E-state index contributed by atoms with van der Waals surface area (Å²) in [4.78, 5) is 0.00611. The molecule has 1 fully saturated rings. The molecule has 2 N–H and O–H groups in total. The Bertz CT molecular complexity index is 584. The minimum absolute atomic E-state index is 0. The maximum absolute atomic E-state index is 13.5. The van der Waals surface area contributed by atoms with Crippen LogP contribution in [-0.2, 0) is 10.0 Å². The van der Waals surface area contributed by atoms with Gasteiger partial charge in [0, 0.05) is 13.1 Å². The Kier molecular flexibility index (Phi) is 7.06. The summed E-state index contributed by atoms with van der Waals surface area (Å²) >= 11 is 3.02. The van der Waals surface area contributed by atoms with Crippen molar-refractivity contribution in [2.75, 3.05) is 19.6 Å². The molecule has 1 unspecified atom stereocenters. The predicted molar refractivity (Wildman–Crippen MR) is 86.5 cm³/mol. The molecule has 1 aliphatic rings. The lowest BCUT2D eigenvalue weighted by atomic mass is 9.96. The molecule has 0 radical (unpaired) electrons. The quantitative estimate of drug-likeness (QED) is 0.844. The molecule has 1 atom stereocenters. The Labute approximate surface area is 139 Å². The molecule has 21 heavy (non-hydrogen) atoms. The fourth-order valence-corrected chi connectivity index (χ4v) is 4.32. The van der Waals surface area contributed by atoms with Crippen molar-refractivity contribution in [3.05, 3.63) is 28.5 Å². The second-order valence-corrected chi connectivity index (χ2v) is 7.82. The highest BCUT2D eigenvalue weighted by molar-refractivity contribution is 9.10. The number of sulfonamides is 1. The predicted octanol–water partition coefficient (Wildman–Crippen LogP) is 2.76. The molecule has 120 valence electrons. The van der Waals surface area contributed by atoms with Gasteiger partial charge in [0.1, 0.15) is 5.82 Å². The van der Waals surface area contributed by atoms with Crippen LogP contribution in [0.25, 0.3) is 0 Å². The molecule has 2 rings (SSSR count). The van der Waals surface area contributed by atoms with Crippen molar-refractivity contribution in [2.24, 2.45) is 11.7 Å². The van der Waals surface area contributed by atoms with E-state index in [-0.39, 0.29) is 21.8 Å². The summed E-state index contributed by atoms with van der Waals surface area (Å²) in [5, 5.41) is 0. The summed E-state index contributed by atoms with van der Waals surface area (Å²) in [6, 6.07) is 3.91. The van der Waals surface area contributed by atoms with Gasteiger partial charge >= 0.3 is 0 Å². The summed E-state index contributed by atoms with van der Waals surface area (Å²) in [6.07, 6.45) is 2.64. The van der Waals surface area contributed by atoms with E-state index in [9.17, 15) is 12.8 Å². The second-order valence-electron chi connectivity index (χ2n) is 5.02. The van der Waals surface area contributed by atoms with Gasteiger partial charge in [0.15, 0.2) is 0 Å². The van der Waals surface area contributed by atoms with Gasteiger partial charge in [-0.05, 0) is 65.9 Å². The van der Waals surface area contributed by atoms with E-state index in [1.165, 1.54) is 16.4 Å². The zero-order chi connectivity index (χ0) is 14.8. The second kappa shape index (κ2) is 7.87. The highest BCUT2D eigenvalue weighted by atomic mass is 79.9. The zero-order valence-corrected chi connectivity index (χ0v) is 14.7. The van der Waals surface area contributed by atoms with E-state index >= 15 is 0 Å². The fraction of sp³-hybridized carbons (Fsp3) is 0.538.